The van der Waals surface area contributed by atoms with Crippen LogP contribution in [0.1, 0.15) is 0 Å². The van der Waals surface area contributed by atoms with E-state index in [1.807, 2.05) is 0 Å². The first kappa shape index (κ1) is 12.0. The lowest BCUT2D eigenvalue weighted by Crippen LogP contribution is -1.90. The molecule has 2 rings (SSSR count). The van der Waals surface area contributed by atoms with Gasteiger partial charge in [-0.1, -0.05) is 0 Å². The summed E-state index contributed by atoms with van der Waals surface area (Å²) in [4.78, 5) is 0. The predicted octanol–water partition coefficient (Wildman–Crippen LogP) is 2.45. The lowest BCUT2D eigenvalue weighted by atomic mass is 10.0. The third-order valence-electron chi connectivity index (χ3n) is 2.43. The lowest BCUT2D eigenvalue weighted by Gasteiger charge is -2.10. The highest BCUT2D eigenvalue weighted by atomic mass is 19.2. The van der Waals surface area contributed by atoms with Gasteiger partial charge in [-0.2, -0.15) is 8.78 Å². The fraction of sp³-hybridized carbons (Fsp3) is 0. The Bertz CT molecular complexity index is 626. The van der Waals surface area contributed by atoms with E-state index in [1.165, 1.54) is 6.07 Å². The molecule has 6 heteroatoms. The highest BCUT2D eigenvalue weighted by Gasteiger charge is 2.20. The first-order chi connectivity index (χ1) is 8.41. The molecule has 0 saturated heterocycles. The van der Waals surface area contributed by atoms with Crippen molar-refractivity contribution in [2.24, 2.45) is 0 Å². The van der Waals surface area contributed by atoms with Crippen molar-refractivity contribution in [1.82, 2.24) is 0 Å². The van der Waals surface area contributed by atoms with Gasteiger partial charge in [0.25, 0.3) is 0 Å². The zero-order chi connectivity index (χ0) is 13.4. The Balaban J connectivity index is 2.75. The maximum Gasteiger partial charge on any atom is 0.204 e. The third kappa shape index (κ3) is 1.77. The van der Waals surface area contributed by atoms with Crippen LogP contribution in [0.4, 0.5) is 8.78 Å². The zero-order valence-corrected chi connectivity index (χ0v) is 8.85. The van der Waals surface area contributed by atoms with Gasteiger partial charge >= 0.3 is 0 Å². The molecule has 0 aliphatic carbocycles. The van der Waals surface area contributed by atoms with Crippen molar-refractivity contribution in [1.29, 1.82) is 0 Å². The maximum absolute atomic E-state index is 13.2. The molecule has 0 heterocycles. The molecule has 0 aromatic heterocycles. The molecule has 94 valence electrons. The van der Waals surface area contributed by atoms with Crippen LogP contribution in [-0.4, -0.2) is 20.4 Å². The molecule has 0 saturated carbocycles. The minimum absolute atomic E-state index is 0.137. The summed E-state index contributed by atoms with van der Waals surface area (Å²) < 4.78 is 26.2. The summed E-state index contributed by atoms with van der Waals surface area (Å²) in [6.07, 6.45) is 0. The minimum Gasteiger partial charge on any atom is -0.508 e. The number of phenolic OH excluding ortho intramolecular Hbond substituents is 4. The summed E-state index contributed by atoms with van der Waals surface area (Å²) in [5.74, 6) is -5.90. The first-order valence-corrected chi connectivity index (χ1v) is 4.84. The molecule has 0 fully saturated rings. The average Bonchev–Trinajstić information content (AvgIpc) is 2.34. The van der Waals surface area contributed by atoms with Gasteiger partial charge in [0.1, 0.15) is 11.5 Å². The second-order valence-corrected chi connectivity index (χ2v) is 3.62. The van der Waals surface area contributed by atoms with E-state index in [0.29, 0.717) is 0 Å². The molecule has 0 spiro atoms. The Hall–Kier alpha value is -2.50. The maximum atomic E-state index is 13.2. The average molecular weight is 254 g/mol. The molecule has 18 heavy (non-hydrogen) atoms. The van der Waals surface area contributed by atoms with Gasteiger partial charge in [-0.05, 0) is 24.3 Å². The molecule has 0 aliphatic rings. The molecular formula is C12H8F2O4. The lowest BCUT2D eigenvalue weighted by molar-refractivity contribution is 0.375. The van der Waals surface area contributed by atoms with E-state index in [9.17, 15) is 24.1 Å². The van der Waals surface area contributed by atoms with Gasteiger partial charge in [0.15, 0.2) is 11.5 Å². The summed E-state index contributed by atoms with van der Waals surface area (Å²) in [5.41, 5.74) is -0.471. The molecule has 2 aromatic rings. The number of aromatic hydroxyl groups is 4. The Morgan fingerprint density at radius 1 is 0.722 bits per heavy atom. The van der Waals surface area contributed by atoms with E-state index in [4.69, 9.17) is 5.11 Å². The fourth-order valence-corrected chi connectivity index (χ4v) is 1.55. The largest absolute Gasteiger partial charge is 0.508 e. The van der Waals surface area contributed by atoms with Gasteiger partial charge in [0.05, 0.1) is 0 Å². The second-order valence-electron chi connectivity index (χ2n) is 3.62. The Morgan fingerprint density at radius 2 is 1.39 bits per heavy atom. The standard InChI is InChI=1S/C12H8F2O4/c13-10-9(17)4-7(12(18)11(10)14)6-3-5(15)1-2-8(6)16/h1-4,15-18H. The van der Waals surface area contributed by atoms with Crippen molar-refractivity contribution in [3.05, 3.63) is 35.9 Å². The minimum atomic E-state index is -1.63. The van der Waals surface area contributed by atoms with Crippen LogP contribution in [0, 0.1) is 11.6 Å². The van der Waals surface area contributed by atoms with Crippen molar-refractivity contribution in [3.8, 4) is 34.1 Å². The molecular weight excluding hydrogens is 246 g/mol. The number of hydrogen-bond donors (Lipinski definition) is 4. The Kier molecular flexibility index (Phi) is 2.70. The summed E-state index contributed by atoms with van der Waals surface area (Å²) in [6.45, 7) is 0. The molecule has 2 aromatic carbocycles. The molecule has 0 atom stereocenters. The van der Waals surface area contributed by atoms with Crippen LogP contribution >= 0.6 is 0 Å². The smallest absolute Gasteiger partial charge is 0.204 e. The molecule has 4 nitrogen and oxygen atoms in total. The van der Waals surface area contributed by atoms with Crippen molar-refractivity contribution in [3.63, 3.8) is 0 Å². The van der Waals surface area contributed by atoms with Crippen LogP contribution in [-0.2, 0) is 0 Å². The quantitative estimate of drug-likeness (QED) is 0.589. The number of hydrogen-bond acceptors (Lipinski definition) is 4. The van der Waals surface area contributed by atoms with E-state index >= 15 is 0 Å². The molecule has 0 bridgehead atoms. The van der Waals surface area contributed by atoms with Crippen molar-refractivity contribution in [2.45, 2.75) is 0 Å². The number of rotatable bonds is 1. The first-order valence-electron chi connectivity index (χ1n) is 4.84. The van der Waals surface area contributed by atoms with Gasteiger partial charge in [-0.15, -0.1) is 0 Å². The highest BCUT2D eigenvalue weighted by molar-refractivity contribution is 5.77. The van der Waals surface area contributed by atoms with E-state index < -0.39 is 23.1 Å². The van der Waals surface area contributed by atoms with Gasteiger partial charge in [-0.25, -0.2) is 0 Å². The normalized spacial score (nSPS) is 10.6. The zero-order valence-electron chi connectivity index (χ0n) is 8.85. The fourth-order valence-electron chi connectivity index (χ4n) is 1.55. The van der Waals surface area contributed by atoms with Gasteiger partial charge in [0, 0.05) is 11.1 Å². The van der Waals surface area contributed by atoms with Gasteiger partial charge in [-0.3, -0.25) is 0 Å². The van der Waals surface area contributed by atoms with Crippen LogP contribution in [0.15, 0.2) is 24.3 Å². The van der Waals surface area contributed by atoms with Crippen molar-refractivity contribution in [2.75, 3.05) is 0 Å². The van der Waals surface area contributed by atoms with Crippen LogP contribution < -0.4 is 0 Å². The second kappa shape index (κ2) is 4.06. The number of halogens is 2. The van der Waals surface area contributed by atoms with E-state index in [0.717, 1.165) is 18.2 Å². The molecule has 4 N–H and O–H groups in total. The van der Waals surface area contributed by atoms with Crippen LogP contribution in [0.3, 0.4) is 0 Å². The van der Waals surface area contributed by atoms with E-state index in [-0.39, 0.29) is 22.6 Å². The topological polar surface area (TPSA) is 80.9 Å². The van der Waals surface area contributed by atoms with Gasteiger partial charge in [0.2, 0.25) is 11.6 Å². The summed E-state index contributed by atoms with van der Waals surface area (Å²) in [7, 11) is 0. The summed E-state index contributed by atoms with van der Waals surface area (Å²) in [5, 5.41) is 37.4. The van der Waals surface area contributed by atoms with Crippen LogP contribution in [0.2, 0.25) is 0 Å². The third-order valence-corrected chi connectivity index (χ3v) is 2.43. The number of phenols is 4. The van der Waals surface area contributed by atoms with Crippen LogP contribution in [0.25, 0.3) is 11.1 Å². The highest BCUT2D eigenvalue weighted by Crippen LogP contribution is 2.41. The molecule has 0 aliphatic heterocycles. The molecule has 0 radical (unpaired) electrons. The van der Waals surface area contributed by atoms with Gasteiger partial charge < -0.3 is 20.4 Å². The Morgan fingerprint density at radius 3 is 2.06 bits per heavy atom. The number of benzene rings is 2. The summed E-state index contributed by atoms with van der Waals surface area (Å²) in [6, 6.07) is 4.08. The summed E-state index contributed by atoms with van der Waals surface area (Å²) >= 11 is 0. The van der Waals surface area contributed by atoms with E-state index in [1.54, 1.807) is 0 Å². The van der Waals surface area contributed by atoms with E-state index in [2.05, 4.69) is 0 Å². The van der Waals surface area contributed by atoms with Crippen molar-refractivity contribution < 1.29 is 29.2 Å². The Labute approximate surface area is 100.0 Å². The molecule has 0 unspecified atom stereocenters. The van der Waals surface area contributed by atoms with Crippen molar-refractivity contribution >= 4 is 0 Å². The monoisotopic (exact) mass is 254 g/mol. The predicted molar refractivity (Wildman–Crippen MR) is 58.5 cm³/mol. The molecule has 0 amide bonds. The van der Waals surface area contributed by atoms with Crippen LogP contribution in [0.5, 0.6) is 23.0 Å². The SMILES string of the molecule is Oc1ccc(O)c(-c2cc(O)c(F)c(F)c2O)c1.